The minimum atomic E-state index is -0.0656. The summed E-state index contributed by atoms with van der Waals surface area (Å²) in [7, 11) is 1.53. The first-order chi connectivity index (χ1) is 9.24. The summed E-state index contributed by atoms with van der Waals surface area (Å²) < 4.78 is 10.5. The summed E-state index contributed by atoms with van der Waals surface area (Å²) in [6.45, 7) is 4.30. The Morgan fingerprint density at radius 2 is 2.26 bits per heavy atom. The standard InChI is InChI=1S/C13H19BrN2O3/c1-3-16(7-9-19-8-5-14)13(17)11-4-6-15-10-12(11)18-2/h4,6,10H,3,5,7-9H2,1-2H3. The van der Waals surface area contributed by atoms with E-state index in [1.807, 2.05) is 6.92 Å². The van der Waals surface area contributed by atoms with Crippen LogP contribution in [0.5, 0.6) is 5.75 Å². The van der Waals surface area contributed by atoms with Gasteiger partial charge in [-0.2, -0.15) is 0 Å². The summed E-state index contributed by atoms with van der Waals surface area (Å²) >= 11 is 3.29. The first-order valence-electron chi connectivity index (χ1n) is 6.15. The third kappa shape index (κ3) is 4.80. The van der Waals surface area contributed by atoms with Crippen molar-refractivity contribution < 1.29 is 14.3 Å². The molecule has 1 rings (SSSR count). The number of amides is 1. The number of likely N-dealkylation sites (N-methyl/N-ethyl adjacent to an activating group) is 1. The van der Waals surface area contributed by atoms with Gasteiger partial charge in [0, 0.05) is 24.6 Å². The third-order valence-corrected chi connectivity index (χ3v) is 2.95. The van der Waals surface area contributed by atoms with Gasteiger partial charge in [0.15, 0.2) is 0 Å². The van der Waals surface area contributed by atoms with Gasteiger partial charge < -0.3 is 14.4 Å². The lowest BCUT2D eigenvalue weighted by Gasteiger charge is -2.21. The van der Waals surface area contributed by atoms with Gasteiger partial charge in [-0.15, -0.1) is 0 Å². The van der Waals surface area contributed by atoms with Crippen molar-refractivity contribution in [2.45, 2.75) is 6.92 Å². The number of rotatable bonds is 8. The second-order valence-electron chi connectivity index (χ2n) is 3.76. The summed E-state index contributed by atoms with van der Waals surface area (Å²) in [5.74, 6) is 0.427. The zero-order valence-electron chi connectivity index (χ0n) is 11.3. The molecule has 0 N–H and O–H groups in total. The fourth-order valence-corrected chi connectivity index (χ4v) is 1.85. The molecule has 1 heterocycles. The molecule has 1 amide bonds. The van der Waals surface area contributed by atoms with E-state index in [0.29, 0.717) is 37.6 Å². The molecule has 6 heteroatoms. The Labute approximate surface area is 122 Å². The van der Waals surface area contributed by atoms with E-state index in [1.54, 1.807) is 23.4 Å². The van der Waals surface area contributed by atoms with Crippen molar-refractivity contribution in [2.24, 2.45) is 0 Å². The number of carbonyl (C=O) groups is 1. The van der Waals surface area contributed by atoms with E-state index in [1.165, 1.54) is 7.11 Å². The molecule has 106 valence electrons. The second-order valence-corrected chi connectivity index (χ2v) is 4.56. The highest BCUT2D eigenvalue weighted by atomic mass is 79.9. The Bertz CT molecular complexity index is 401. The Kier molecular flexibility index (Phi) is 7.43. The molecule has 0 aromatic carbocycles. The molecule has 0 fully saturated rings. The normalized spacial score (nSPS) is 10.3. The van der Waals surface area contributed by atoms with Crippen LogP contribution >= 0.6 is 15.9 Å². The van der Waals surface area contributed by atoms with Gasteiger partial charge in [-0.3, -0.25) is 9.78 Å². The van der Waals surface area contributed by atoms with Gasteiger partial charge in [-0.25, -0.2) is 0 Å². The van der Waals surface area contributed by atoms with Gasteiger partial charge in [0.1, 0.15) is 5.75 Å². The molecule has 0 radical (unpaired) electrons. The number of carbonyl (C=O) groups excluding carboxylic acids is 1. The number of ether oxygens (including phenoxy) is 2. The fourth-order valence-electron chi connectivity index (χ4n) is 1.62. The number of hydrogen-bond acceptors (Lipinski definition) is 4. The molecular formula is C13H19BrN2O3. The Balaban J connectivity index is 2.67. The van der Waals surface area contributed by atoms with Crippen LogP contribution in [0.15, 0.2) is 18.5 Å². The molecule has 0 aliphatic heterocycles. The van der Waals surface area contributed by atoms with E-state index in [-0.39, 0.29) is 5.91 Å². The van der Waals surface area contributed by atoms with Crippen molar-refractivity contribution in [3.8, 4) is 5.75 Å². The number of hydrogen-bond donors (Lipinski definition) is 0. The van der Waals surface area contributed by atoms with Gasteiger partial charge in [-0.05, 0) is 13.0 Å². The largest absolute Gasteiger partial charge is 0.494 e. The van der Waals surface area contributed by atoms with Crippen molar-refractivity contribution >= 4 is 21.8 Å². The molecule has 0 saturated heterocycles. The van der Waals surface area contributed by atoms with E-state index in [0.717, 1.165) is 5.33 Å². The molecule has 1 aromatic heterocycles. The van der Waals surface area contributed by atoms with E-state index in [4.69, 9.17) is 9.47 Å². The molecular weight excluding hydrogens is 312 g/mol. The Morgan fingerprint density at radius 1 is 1.47 bits per heavy atom. The molecule has 0 aliphatic carbocycles. The maximum absolute atomic E-state index is 12.4. The van der Waals surface area contributed by atoms with Crippen molar-refractivity contribution in [2.75, 3.05) is 38.7 Å². The molecule has 19 heavy (non-hydrogen) atoms. The molecule has 0 unspecified atom stereocenters. The topological polar surface area (TPSA) is 51.7 Å². The molecule has 0 aliphatic rings. The smallest absolute Gasteiger partial charge is 0.257 e. The van der Waals surface area contributed by atoms with Crippen LogP contribution in [0.2, 0.25) is 0 Å². The highest BCUT2D eigenvalue weighted by molar-refractivity contribution is 9.09. The van der Waals surface area contributed by atoms with Crippen molar-refractivity contribution in [1.82, 2.24) is 9.88 Å². The first kappa shape index (κ1) is 15.9. The van der Waals surface area contributed by atoms with Crippen LogP contribution in [0, 0.1) is 0 Å². The number of methoxy groups -OCH3 is 1. The van der Waals surface area contributed by atoms with Gasteiger partial charge >= 0.3 is 0 Å². The van der Waals surface area contributed by atoms with Crippen LogP contribution in [-0.4, -0.2) is 54.5 Å². The van der Waals surface area contributed by atoms with Gasteiger partial charge in [0.05, 0.1) is 32.1 Å². The van der Waals surface area contributed by atoms with Gasteiger partial charge in [0.25, 0.3) is 5.91 Å². The number of aromatic nitrogens is 1. The molecule has 1 aromatic rings. The Hall–Kier alpha value is -1.14. The van der Waals surface area contributed by atoms with Crippen molar-refractivity contribution in [3.05, 3.63) is 24.0 Å². The van der Waals surface area contributed by atoms with Crippen LogP contribution in [0.25, 0.3) is 0 Å². The van der Waals surface area contributed by atoms with Crippen molar-refractivity contribution in [1.29, 1.82) is 0 Å². The van der Waals surface area contributed by atoms with E-state index in [9.17, 15) is 4.79 Å². The zero-order valence-corrected chi connectivity index (χ0v) is 12.9. The zero-order chi connectivity index (χ0) is 14.1. The monoisotopic (exact) mass is 330 g/mol. The maximum Gasteiger partial charge on any atom is 0.257 e. The number of pyridine rings is 1. The number of halogens is 1. The molecule has 0 atom stereocenters. The fraction of sp³-hybridized carbons (Fsp3) is 0.538. The van der Waals surface area contributed by atoms with Crippen LogP contribution in [-0.2, 0) is 4.74 Å². The highest BCUT2D eigenvalue weighted by Gasteiger charge is 2.17. The minimum absolute atomic E-state index is 0.0656. The quantitative estimate of drug-likeness (QED) is 0.540. The highest BCUT2D eigenvalue weighted by Crippen LogP contribution is 2.17. The molecule has 0 spiro atoms. The summed E-state index contributed by atoms with van der Waals surface area (Å²) in [6, 6.07) is 1.67. The summed E-state index contributed by atoms with van der Waals surface area (Å²) in [6.07, 6.45) is 3.13. The van der Waals surface area contributed by atoms with E-state index in [2.05, 4.69) is 20.9 Å². The van der Waals surface area contributed by atoms with E-state index < -0.39 is 0 Å². The average Bonchev–Trinajstić information content (AvgIpc) is 2.46. The van der Waals surface area contributed by atoms with Crippen LogP contribution in [0.4, 0.5) is 0 Å². The number of nitrogens with zero attached hydrogens (tertiary/aromatic N) is 2. The molecule has 0 saturated carbocycles. The lowest BCUT2D eigenvalue weighted by Crippen LogP contribution is -2.34. The molecule has 0 bridgehead atoms. The lowest BCUT2D eigenvalue weighted by atomic mass is 10.2. The maximum atomic E-state index is 12.4. The average molecular weight is 331 g/mol. The predicted molar refractivity (Wildman–Crippen MR) is 77.0 cm³/mol. The summed E-state index contributed by atoms with van der Waals surface area (Å²) in [5.41, 5.74) is 0.528. The van der Waals surface area contributed by atoms with Crippen molar-refractivity contribution in [3.63, 3.8) is 0 Å². The van der Waals surface area contributed by atoms with Crippen LogP contribution < -0.4 is 4.74 Å². The Morgan fingerprint density at radius 3 is 2.89 bits per heavy atom. The predicted octanol–water partition coefficient (Wildman–Crippen LogP) is 1.96. The van der Waals surface area contributed by atoms with Gasteiger partial charge in [-0.1, -0.05) is 15.9 Å². The van der Waals surface area contributed by atoms with Gasteiger partial charge in [0.2, 0.25) is 0 Å². The third-order valence-electron chi connectivity index (χ3n) is 2.63. The number of alkyl halides is 1. The second kappa shape index (κ2) is 8.87. The van der Waals surface area contributed by atoms with Crippen LogP contribution in [0.1, 0.15) is 17.3 Å². The first-order valence-corrected chi connectivity index (χ1v) is 7.27. The summed E-state index contributed by atoms with van der Waals surface area (Å²) in [5, 5.41) is 0.797. The van der Waals surface area contributed by atoms with Crippen LogP contribution in [0.3, 0.4) is 0 Å². The summed E-state index contributed by atoms with van der Waals surface area (Å²) in [4.78, 5) is 18.0. The lowest BCUT2D eigenvalue weighted by molar-refractivity contribution is 0.0669. The SMILES string of the molecule is CCN(CCOCCBr)C(=O)c1ccncc1OC. The molecule has 5 nitrogen and oxygen atoms in total. The minimum Gasteiger partial charge on any atom is -0.494 e. The van der Waals surface area contributed by atoms with E-state index >= 15 is 0 Å².